The van der Waals surface area contributed by atoms with Gasteiger partial charge in [-0.1, -0.05) is 18.6 Å². The molecule has 1 aliphatic rings. The molecule has 0 atom stereocenters. The van der Waals surface area contributed by atoms with Crippen LogP contribution in [-0.4, -0.2) is 37.8 Å². The van der Waals surface area contributed by atoms with E-state index in [1.54, 1.807) is 23.0 Å². The Labute approximate surface area is 139 Å². The van der Waals surface area contributed by atoms with Crippen molar-refractivity contribution in [2.45, 2.75) is 45.6 Å². The molecule has 1 saturated carbocycles. The van der Waals surface area contributed by atoms with Gasteiger partial charge in [-0.25, -0.2) is 9.67 Å². The van der Waals surface area contributed by atoms with E-state index in [-0.39, 0.29) is 17.9 Å². The van der Waals surface area contributed by atoms with Gasteiger partial charge in [0.1, 0.15) is 5.82 Å². The smallest absolute Gasteiger partial charge is 0.273 e. The minimum atomic E-state index is -0.179. The first-order valence-electron chi connectivity index (χ1n) is 8.08. The molecule has 1 aliphatic carbocycles. The zero-order chi connectivity index (χ0) is 17.1. The topological polar surface area (TPSA) is 102 Å². The Hall–Kier alpha value is -2.77. The molecule has 2 N–H and O–H groups in total. The van der Waals surface area contributed by atoms with Crippen LogP contribution in [0.2, 0.25) is 0 Å². The van der Waals surface area contributed by atoms with Crippen molar-refractivity contribution in [2.24, 2.45) is 0 Å². The van der Waals surface area contributed by atoms with Crippen LogP contribution in [0.4, 0.5) is 5.82 Å². The molecular formula is C16H20N6O2. The summed E-state index contributed by atoms with van der Waals surface area (Å²) in [6, 6.07) is 3.75. The largest absolute Gasteiger partial charge is 0.348 e. The molecule has 24 heavy (non-hydrogen) atoms. The fraction of sp³-hybridized carbons (Fsp3) is 0.438. The number of pyridine rings is 1. The molecule has 8 heteroatoms. The number of hydrogen-bond acceptors (Lipinski definition) is 5. The van der Waals surface area contributed by atoms with Gasteiger partial charge in [-0.2, -0.15) is 0 Å². The first kappa shape index (κ1) is 16.1. The van der Waals surface area contributed by atoms with Crippen molar-refractivity contribution in [1.82, 2.24) is 25.3 Å². The molecule has 2 heterocycles. The van der Waals surface area contributed by atoms with E-state index in [9.17, 15) is 9.59 Å². The van der Waals surface area contributed by atoms with Gasteiger partial charge in [0.25, 0.3) is 5.91 Å². The van der Waals surface area contributed by atoms with Gasteiger partial charge in [0.05, 0.1) is 17.6 Å². The quantitative estimate of drug-likeness (QED) is 0.836. The summed E-state index contributed by atoms with van der Waals surface area (Å²) in [4.78, 5) is 27.6. The summed E-state index contributed by atoms with van der Waals surface area (Å²) in [7, 11) is 0. The van der Waals surface area contributed by atoms with Crippen LogP contribution in [0, 0.1) is 0 Å². The van der Waals surface area contributed by atoms with E-state index in [0.717, 1.165) is 25.0 Å². The molecule has 2 aromatic rings. The molecule has 0 aliphatic heterocycles. The van der Waals surface area contributed by atoms with Crippen LogP contribution in [0.3, 0.4) is 0 Å². The van der Waals surface area contributed by atoms with Crippen molar-refractivity contribution in [3.8, 4) is 5.69 Å². The molecule has 1 fully saturated rings. The summed E-state index contributed by atoms with van der Waals surface area (Å²) in [5.74, 6) is 0.117. The van der Waals surface area contributed by atoms with Gasteiger partial charge in [0, 0.05) is 13.0 Å². The molecule has 0 unspecified atom stereocenters. The highest BCUT2D eigenvalue weighted by molar-refractivity contribution is 5.93. The van der Waals surface area contributed by atoms with Gasteiger partial charge < -0.3 is 10.6 Å². The Balaban J connectivity index is 1.87. The summed E-state index contributed by atoms with van der Waals surface area (Å²) in [6.45, 7) is 3.47. The lowest BCUT2D eigenvalue weighted by atomic mass is 10.2. The fourth-order valence-corrected chi connectivity index (χ4v) is 2.39. The summed E-state index contributed by atoms with van der Waals surface area (Å²) in [5, 5.41) is 13.8. The van der Waals surface area contributed by atoms with Crippen molar-refractivity contribution in [2.75, 3.05) is 5.32 Å². The maximum absolute atomic E-state index is 12.3. The van der Waals surface area contributed by atoms with E-state index in [1.807, 2.05) is 6.92 Å². The second-order valence-corrected chi connectivity index (χ2v) is 5.88. The third-order valence-corrected chi connectivity index (χ3v) is 3.67. The van der Waals surface area contributed by atoms with E-state index < -0.39 is 0 Å². The molecule has 0 saturated heterocycles. The fourth-order valence-electron chi connectivity index (χ4n) is 2.39. The van der Waals surface area contributed by atoms with Crippen LogP contribution in [0.5, 0.6) is 0 Å². The normalized spacial score (nSPS) is 13.6. The van der Waals surface area contributed by atoms with Crippen molar-refractivity contribution >= 4 is 17.6 Å². The number of rotatable bonds is 6. The number of nitrogens with zero attached hydrogens (tertiary/aromatic N) is 4. The van der Waals surface area contributed by atoms with E-state index >= 15 is 0 Å². The Bertz CT molecular complexity index is 748. The maximum atomic E-state index is 12.3. The molecule has 2 amide bonds. The van der Waals surface area contributed by atoms with Crippen LogP contribution in [0.1, 0.15) is 49.3 Å². The number of amides is 2. The summed E-state index contributed by atoms with van der Waals surface area (Å²) < 4.78 is 1.63. The zero-order valence-electron chi connectivity index (χ0n) is 13.7. The Morgan fingerprint density at radius 2 is 2.12 bits per heavy atom. The van der Waals surface area contributed by atoms with Crippen molar-refractivity contribution in [3.05, 3.63) is 29.7 Å². The van der Waals surface area contributed by atoms with Gasteiger partial charge in [-0.15, -0.1) is 5.10 Å². The lowest BCUT2D eigenvalue weighted by Crippen LogP contribution is -2.27. The van der Waals surface area contributed by atoms with Gasteiger partial charge in [-0.05, 0) is 31.4 Å². The number of carbonyl (C=O) groups excluding carboxylic acids is 2. The molecular weight excluding hydrogens is 308 g/mol. The lowest BCUT2D eigenvalue weighted by molar-refractivity contribution is -0.114. The highest BCUT2D eigenvalue weighted by Crippen LogP contribution is 2.21. The molecule has 0 radical (unpaired) electrons. The lowest BCUT2D eigenvalue weighted by Gasteiger charge is -2.08. The van der Waals surface area contributed by atoms with Crippen LogP contribution in [-0.2, 0) is 11.2 Å². The van der Waals surface area contributed by atoms with Gasteiger partial charge in [0.15, 0.2) is 5.69 Å². The van der Waals surface area contributed by atoms with Crippen molar-refractivity contribution in [3.63, 3.8) is 0 Å². The molecule has 2 aromatic heterocycles. The maximum Gasteiger partial charge on any atom is 0.273 e. The van der Waals surface area contributed by atoms with E-state index in [4.69, 9.17) is 0 Å². The molecule has 0 spiro atoms. The van der Waals surface area contributed by atoms with Crippen molar-refractivity contribution < 1.29 is 9.59 Å². The minimum Gasteiger partial charge on any atom is -0.348 e. The molecule has 8 nitrogen and oxygen atoms in total. The monoisotopic (exact) mass is 328 g/mol. The molecule has 0 aromatic carbocycles. The van der Waals surface area contributed by atoms with Crippen LogP contribution >= 0.6 is 0 Å². The molecule has 0 bridgehead atoms. The number of carbonyl (C=O) groups is 2. The Kier molecular flexibility index (Phi) is 4.54. The number of anilines is 1. The second kappa shape index (κ2) is 6.77. The second-order valence-electron chi connectivity index (χ2n) is 5.88. The standard InChI is InChI=1S/C16H20N6O2/c1-3-4-13-15(16(24)19-11-5-6-11)20-21-22(13)12-7-8-14(17-9-12)18-10(2)23/h7-9,11H,3-6H2,1-2H3,(H,19,24)(H,17,18,23). The van der Waals surface area contributed by atoms with E-state index in [2.05, 4.69) is 25.9 Å². The van der Waals surface area contributed by atoms with Crippen LogP contribution in [0.15, 0.2) is 18.3 Å². The highest BCUT2D eigenvalue weighted by Gasteiger charge is 2.27. The summed E-state index contributed by atoms with van der Waals surface area (Å²) in [5.41, 5.74) is 1.84. The first-order chi connectivity index (χ1) is 11.6. The Morgan fingerprint density at radius 1 is 1.33 bits per heavy atom. The van der Waals surface area contributed by atoms with Crippen LogP contribution < -0.4 is 10.6 Å². The molecule has 3 rings (SSSR count). The predicted molar refractivity (Wildman–Crippen MR) is 87.9 cm³/mol. The van der Waals surface area contributed by atoms with Crippen LogP contribution in [0.25, 0.3) is 5.69 Å². The van der Waals surface area contributed by atoms with E-state index in [0.29, 0.717) is 23.6 Å². The minimum absolute atomic E-state index is 0.171. The Morgan fingerprint density at radius 3 is 2.71 bits per heavy atom. The average Bonchev–Trinajstić information content (AvgIpc) is 3.26. The summed E-state index contributed by atoms with van der Waals surface area (Å²) in [6.07, 6.45) is 5.21. The average molecular weight is 328 g/mol. The predicted octanol–water partition coefficient (Wildman–Crippen LogP) is 1.47. The first-order valence-corrected chi connectivity index (χ1v) is 8.08. The van der Waals surface area contributed by atoms with Gasteiger partial charge in [0.2, 0.25) is 5.91 Å². The number of aromatic nitrogens is 4. The number of hydrogen-bond donors (Lipinski definition) is 2. The SMILES string of the molecule is CCCc1c(C(=O)NC2CC2)nnn1-c1ccc(NC(C)=O)nc1. The molecule has 126 valence electrons. The summed E-state index contributed by atoms with van der Waals surface area (Å²) >= 11 is 0. The third-order valence-electron chi connectivity index (χ3n) is 3.67. The zero-order valence-corrected chi connectivity index (χ0v) is 13.7. The highest BCUT2D eigenvalue weighted by atomic mass is 16.2. The van der Waals surface area contributed by atoms with Gasteiger partial charge >= 0.3 is 0 Å². The van der Waals surface area contributed by atoms with Gasteiger partial charge in [-0.3, -0.25) is 9.59 Å². The van der Waals surface area contributed by atoms with Crippen molar-refractivity contribution in [1.29, 1.82) is 0 Å². The third kappa shape index (κ3) is 3.58. The van der Waals surface area contributed by atoms with E-state index in [1.165, 1.54) is 6.92 Å². The number of nitrogens with one attached hydrogen (secondary N) is 2.